The largest absolute Gasteiger partial charge is 0.395 e. The molecule has 3 nitrogen and oxygen atoms in total. The topological polar surface area (TPSA) is 35.5 Å². The van der Waals surface area contributed by atoms with E-state index in [-0.39, 0.29) is 6.61 Å². The van der Waals surface area contributed by atoms with Crippen LogP contribution < -0.4 is 5.32 Å². The van der Waals surface area contributed by atoms with Crippen molar-refractivity contribution in [2.75, 3.05) is 32.8 Å². The third-order valence-corrected chi connectivity index (χ3v) is 2.03. The lowest BCUT2D eigenvalue weighted by Gasteiger charge is -2.33. The van der Waals surface area contributed by atoms with Gasteiger partial charge in [0.2, 0.25) is 0 Å². The van der Waals surface area contributed by atoms with Crippen molar-refractivity contribution in [1.29, 1.82) is 0 Å². The van der Waals surface area contributed by atoms with Gasteiger partial charge in [-0.2, -0.15) is 0 Å². The maximum atomic E-state index is 8.67. The molecule has 1 saturated heterocycles. The van der Waals surface area contributed by atoms with Crippen LogP contribution in [0, 0.1) is 0 Å². The van der Waals surface area contributed by atoms with E-state index >= 15 is 0 Å². The maximum Gasteiger partial charge on any atom is 0.0558 e. The molecule has 3 heteroatoms. The second-order valence-corrected chi connectivity index (χ2v) is 2.81. The highest BCUT2D eigenvalue weighted by Crippen LogP contribution is 1.99. The van der Waals surface area contributed by atoms with E-state index < -0.39 is 0 Å². The maximum absolute atomic E-state index is 8.67. The van der Waals surface area contributed by atoms with Crippen molar-refractivity contribution >= 4 is 0 Å². The van der Waals surface area contributed by atoms with E-state index in [2.05, 4.69) is 17.1 Å². The first kappa shape index (κ1) is 7.98. The third kappa shape index (κ3) is 1.94. The van der Waals surface area contributed by atoms with Crippen LogP contribution in [-0.2, 0) is 0 Å². The van der Waals surface area contributed by atoms with Crippen molar-refractivity contribution in [1.82, 2.24) is 10.2 Å². The monoisotopic (exact) mass is 144 g/mol. The Morgan fingerprint density at radius 2 is 2.50 bits per heavy atom. The molecule has 1 heterocycles. The van der Waals surface area contributed by atoms with Gasteiger partial charge in [0.05, 0.1) is 6.61 Å². The number of aliphatic hydroxyl groups excluding tert-OH is 1. The van der Waals surface area contributed by atoms with Crippen molar-refractivity contribution in [3.8, 4) is 0 Å². The lowest BCUT2D eigenvalue weighted by Crippen LogP contribution is -2.50. The standard InChI is InChI=1S/C7H16N2O/c1-7-6-8-2-3-9(7)4-5-10/h7-8,10H,2-6H2,1H3/t7-/m1/s1. The van der Waals surface area contributed by atoms with Gasteiger partial charge in [-0.15, -0.1) is 0 Å². The summed E-state index contributed by atoms with van der Waals surface area (Å²) in [6.07, 6.45) is 0. The minimum absolute atomic E-state index is 0.282. The van der Waals surface area contributed by atoms with Crippen molar-refractivity contribution in [2.24, 2.45) is 0 Å². The van der Waals surface area contributed by atoms with Crippen molar-refractivity contribution in [3.05, 3.63) is 0 Å². The summed E-state index contributed by atoms with van der Waals surface area (Å²) < 4.78 is 0. The number of hydrogen-bond donors (Lipinski definition) is 2. The average Bonchev–Trinajstić information content (AvgIpc) is 1.94. The van der Waals surface area contributed by atoms with Crippen LogP contribution in [-0.4, -0.2) is 48.8 Å². The Kier molecular flexibility index (Phi) is 3.12. The zero-order valence-electron chi connectivity index (χ0n) is 6.51. The van der Waals surface area contributed by atoms with Gasteiger partial charge in [0, 0.05) is 32.2 Å². The number of β-amino-alcohol motifs (C(OH)–C–C–N with tert-alkyl or cyclic N) is 1. The molecule has 1 aliphatic heterocycles. The highest BCUT2D eigenvalue weighted by molar-refractivity contribution is 4.75. The molecule has 1 aliphatic rings. The Morgan fingerprint density at radius 1 is 1.70 bits per heavy atom. The van der Waals surface area contributed by atoms with E-state index in [1.165, 1.54) is 0 Å². The smallest absolute Gasteiger partial charge is 0.0558 e. The number of piperazine rings is 1. The summed E-state index contributed by atoms with van der Waals surface area (Å²) in [5, 5.41) is 12.0. The number of aliphatic hydroxyl groups is 1. The lowest BCUT2D eigenvalue weighted by molar-refractivity contribution is 0.136. The van der Waals surface area contributed by atoms with Crippen LogP contribution >= 0.6 is 0 Å². The Labute approximate surface area is 62.0 Å². The van der Waals surface area contributed by atoms with E-state index in [0.29, 0.717) is 6.04 Å². The van der Waals surface area contributed by atoms with Gasteiger partial charge in [-0.3, -0.25) is 4.90 Å². The fraction of sp³-hybridized carbons (Fsp3) is 1.00. The molecule has 1 atom stereocenters. The zero-order valence-corrected chi connectivity index (χ0v) is 6.51. The molecular weight excluding hydrogens is 128 g/mol. The predicted molar refractivity (Wildman–Crippen MR) is 41.0 cm³/mol. The van der Waals surface area contributed by atoms with Crippen LogP contribution in [0.25, 0.3) is 0 Å². The first-order valence-corrected chi connectivity index (χ1v) is 3.90. The minimum atomic E-state index is 0.282. The molecular formula is C7H16N2O. The van der Waals surface area contributed by atoms with Gasteiger partial charge < -0.3 is 10.4 Å². The fourth-order valence-corrected chi connectivity index (χ4v) is 1.34. The second-order valence-electron chi connectivity index (χ2n) is 2.81. The summed E-state index contributed by atoms with van der Waals surface area (Å²) >= 11 is 0. The van der Waals surface area contributed by atoms with Crippen LogP contribution in [0.1, 0.15) is 6.92 Å². The van der Waals surface area contributed by atoms with E-state index in [0.717, 1.165) is 26.2 Å². The summed E-state index contributed by atoms with van der Waals surface area (Å²) in [6, 6.07) is 0.584. The first-order valence-electron chi connectivity index (χ1n) is 3.90. The van der Waals surface area contributed by atoms with Gasteiger partial charge in [-0.25, -0.2) is 0 Å². The van der Waals surface area contributed by atoms with Crippen molar-refractivity contribution < 1.29 is 5.11 Å². The molecule has 0 saturated carbocycles. The minimum Gasteiger partial charge on any atom is -0.395 e. The van der Waals surface area contributed by atoms with Gasteiger partial charge in [0.1, 0.15) is 0 Å². The number of hydrogen-bond acceptors (Lipinski definition) is 3. The van der Waals surface area contributed by atoms with E-state index in [1.807, 2.05) is 0 Å². The molecule has 0 aromatic carbocycles. The summed E-state index contributed by atoms with van der Waals surface area (Å²) in [6.45, 7) is 6.47. The van der Waals surface area contributed by atoms with Crippen LogP contribution in [0.15, 0.2) is 0 Å². The molecule has 60 valence electrons. The fourth-order valence-electron chi connectivity index (χ4n) is 1.34. The molecule has 0 aromatic rings. The molecule has 2 N–H and O–H groups in total. The van der Waals surface area contributed by atoms with Crippen LogP contribution in [0.4, 0.5) is 0 Å². The van der Waals surface area contributed by atoms with Crippen LogP contribution in [0.3, 0.4) is 0 Å². The summed E-state index contributed by atoms with van der Waals surface area (Å²) in [7, 11) is 0. The Morgan fingerprint density at radius 3 is 3.10 bits per heavy atom. The molecule has 1 fully saturated rings. The molecule has 1 rings (SSSR count). The SMILES string of the molecule is C[C@@H]1CNCCN1CCO. The molecule has 0 bridgehead atoms. The third-order valence-electron chi connectivity index (χ3n) is 2.03. The van der Waals surface area contributed by atoms with Gasteiger partial charge in [0.15, 0.2) is 0 Å². The highest BCUT2D eigenvalue weighted by atomic mass is 16.3. The molecule has 0 aliphatic carbocycles. The summed E-state index contributed by atoms with van der Waals surface area (Å²) in [5.74, 6) is 0. The van der Waals surface area contributed by atoms with Crippen LogP contribution in [0.2, 0.25) is 0 Å². The highest BCUT2D eigenvalue weighted by Gasteiger charge is 2.15. The first-order chi connectivity index (χ1) is 4.84. The van der Waals surface area contributed by atoms with Gasteiger partial charge in [-0.1, -0.05) is 0 Å². The second kappa shape index (κ2) is 3.91. The zero-order chi connectivity index (χ0) is 7.40. The van der Waals surface area contributed by atoms with Crippen LogP contribution in [0.5, 0.6) is 0 Å². The number of nitrogens with one attached hydrogen (secondary N) is 1. The number of nitrogens with zero attached hydrogens (tertiary/aromatic N) is 1. The molecule has 0 radical (unpaired) electrons. The quantitative estimate of drug-likeness (QED) is 0.536. The summed E-state index contributed by atoms with van der Waals surface area (Å²) in [4.78, 5) is 2.30. The normalized spacial score (nSPS) is 28.8. The molecule has 0 unspecified atom stereocenters. The van der Waals surface area contributed by atoms with Gasteiger partial charge >= 0.3 is 0 Å². The van der Waals surface area contributed by atoms with Gasteiger partial charge in [0.25, 0.3) is 0 Å². The van der Waals surface area contributed by atoms with Crippen molar-refractivity contribution in [2.45, 2.75) is 13.0 Å². The summed E-state index contributed by atoms with van der Waals surface area (Å²) in [5.41, 5.74) is 0. The average molecular weight is 144 g/mol. The Hall–Kier alpha value is -0.120. The molecule has 0 aromatic heterocycles. The Balaban J connectivity index is 2.25. The van der Waals surface area contributed by atoms with Gasteiger partial charge in [-0.05, 0) is 6.92 Å². The molecule has 0 amide bonds. The molecule has 0 spiro atoms. The van der Waals surface area contributed by atoms with E-state index in [9.17, 15) is 0 Å². The predicted octanol–water partition coefficient (Wildman–Crippen LogP) is -0.728. The van der Waals surface area contributed by atoms with E-state index in [4.69, 9.17) is 5.11 Å². The van der Waals surface area contributed by atoms with E-state index in [1.54, 1.807) is 0 Å². The number of rotatable bonds is 2. The molecule has 10 heavy (non-hydrogen) atoms. The van der Waals surface area contributed by atoms with Crippen molar-refractivity contribution in [3.63, 3.8) is 0 Å². The Bertz CT molecular complexity index is 95.6. The lowest BCUT2D eigenvalue weighted by atomic mass is 10.2.